The molecule has 0 bridgehead atoms. The lowest BCUT2D eigenvalue weighted by molar-refractivity contribution is -0.143. The van der Waals surface area contributed by atoms with Crippen molar-refractivity contribution in [1.29, 1.82) is 0 Å². The van der Waals surface area contributed by atoms with Crippen molar-refractivity contribution in [2.75, 3.05) is 37.6 Å². The number of rotatable bonds is 6. The van der Waals surface area contributed by atoms with Crippen LogP contribution >= 0.6 is 23.4 Å². The summed E-state index contributed by atoms with van der Waals surface area (Å²) in [5.41, 5.74) is -0.00845. The molecule has 4 rings (SSSR count). The van der Waals surface area contributed by atoms with Crippen LogP contribution < -0.4 is 10.6 Å². The fourth-order valence-electron chi connectivity index (χ4n) is 4.73. The van der Waals surface area contributed by atoms with Crippen molar-refractivity contribution in [2.45, 2.75) is 18.0 Å². The second kappa shape index (κ2) is 7.33. The maximum Gasteiger partial charge on any atom is 0.250 e. The first-order chi connectivity index (χ1) is 13.5. The molecule has 3 aliphatic heterocycles. The average Bonchev–Trinajstić information content (AvgIpc) is 3.24. The van der Waals surface area contributed by atoms with Gasteiger partial charge in [-0.2, -0.15) is 11.8 Å². The predicted molar refractivity (Wildman–Crippen MR) is 107 cm³/mol. The Bertz CT molecular complexity index is 850. The smallest absolute Gasteiger partial charge is 0.250 e. The average molecular weight is 424 g/mol. The molecule has 3 aliphatic rings. The molecule has 1 spiro atoms. The Morgan fingerprint density at radius 2 is 2.07 bits per heavy atom. The quantitative estimate of drug-likeness (QED) is 0.673. The third kappa shape index (κ3) is 2.69. The monoisotopic (exact) mass is 423 g/mol. The molecule has 1 aromatic carbocycles. The number of nitrogens with zero attached hydrogens (tertiary/aromatic N) is 1. The zero-order valence-electron chi connectivity index (χ0n) is 15.7. The highest BCUT2D eigenvalue weighted by Gasteiger charge is 2.70. The number of hydrogen-bond acceptors (Lipinski definition) is 6. The van der Waals surface area contributed by atoms with E-state index in [1.807, 2.05) is 6.26 Å². The van der Waals surface area contributed by atoms with Crippen molar-refractivity contribution in [1.82, 2.24) is 10.2 Å². The molecule has 2 N–H and O–H groups in total. The summed E-state index contributed by atoms with van der Waals surface area (Å²) in [5.74, 6) is -1.41. The maximum absolute atomic E-state index is 13.3. The molecule has 0 saturated carbocycles. The van der Waals surface area contributed by atoms with Crippen LogP contribution in [0.2, 0.25) is 5.02 Å². The van der Waals surface area contributed by atoms with Gasteiger partial charge in [-0.15, -0.1) is 0 Å². The molecule has 3 heterocycles. The van der Waals surface area contributed by atoms with Gasteiger partial charge in [-0.1, -0.05) is 11.6 Å². The van der Waals surface area contributed by atoms with Gasteiger partial charge in [0.1, 0.15) is 5.54 Å². The molecule has 9 heteroatoms. The van der Waals surface area contributed by atoms with Gasteiger partial charge >= 0.3 is 0 Å². The van der Waals surface area contributed by atoms with E-state index in [0.29, 0.717) is 22.7 Å². The molecule has 0 unspecified atom stereocenters. The fraction of sp³-hybridized carbons (Fsp3) is 0.526. The predicted octanol–water partition coefficient (Wildman–Crippen LogP) is 1.46. The molecule has 4 atom stereocenters. The van der Waals surface area contributed by atoms with Crippen molar-refractivity contribution >= 4 is 46.8 Å². The maximum atomic E-state index is 13.3. The van der Waals surface area contributed by atoms with Crippen molar-refractivity contribution in [3.63, 3.8) is 0 Å². The number of fused-ring (bicyclic) bond motifs is 4. The molecule has 0 radical (unpaired) electrons. The fourth-order valence-corrected chi connectivity index (χ4v) is 5.39. The standard InChI is InChI=1S/C19H22ClN3O4S/c1-27-7-6-23-16(24)14-13(5-8-28-2)22-19(15(14)17(23)25)11-9-10(20)3-4-12(11)21-18(19)26/h3-4,9,13-15,22H,5-8H2,1-2H3,(H,21,26)/t13-,14-,15+,19+/m1/s1. The Morgan fingerprint density at radius 3 is 2.79 bits per heavy atom. The van der Waals surface area contributed by atoms with Gasteiger partial charge in [0.2, 0.25) is 17.7 Å². The lowest BCUT2D eigenvalue weighted by atomic mass is 9.76. The largest absolute Gasteiger partial charge is 0.383 e. The Balaban J connectivity index is 1.81. The van der Waals surface area contributed by atoms with E-state index in [-0.39, 0.29) is 36.9 Å². The van der Waals surface area contributed by atoms with Gasteiger partial charge in [0, 0.05) is 29.4 Å². The SMILES string of the molecule is COCCN1C(=O)[C@H]2[C@@H](C1=O)[C@]1(N[C@@H]2CCSC)C(=O)Nc2ccc(Cl)cc21. The summed E-state index contributed by atoms with van der Waals surface area (Å²) < 4.78 is 5.06. The third-order valence-corrected chi connectivity index (χ3v) is 6.80. The zero-order valence-corrected chi connectivity index (χ0v) is 17.2. The zero-order chi connectivity index (χ0) is 20.1. The summed E-state index contributed by atoms with van der Waals surface area (Å²) in [4.78, 5) is 40.9. The number of amides is 3. The lowest BCUT2D eigenvalue weighted by Gasteiger charge is -2.29. The number of thioether (sulfide) groups is 1. The second-order valence-electron chi connectivity index (χ2n) is 7.31. The highest BCUT2D eigenvalue weighted by molar-refractivity contribution is 7.98. The van der Waals surface area contributed by atoms with Crippen molar-refractivity contribution in [3.8, 4) is 0 Å². The minimum absolute atomic E-state index is 0.191. The van der Waals surface area contributed by atoms with Crippen molar-refractivity contribution < 1.29 is 19.1 Å². The molecular weight excluding hydrogens is 402 g/mol. The van der Waals surface area contributed by atoms with E-state index in [2.05, 4.69) is 10.6 Å². The van der Waals surface area contributed by atoms with Gasteiger partial charge in [-0.25, -0.2) is 0 Å². The van der Waals surface area contributed by atoms with Crippen molar-refractivity contribution in [3.05, 3.63) is 28.8 Å². The van der Waals surface area contributed by atoms with Gasteiger partial charge in [-0.3, -0.25) is 24.6 Å². The normalized spacial score (nSPS) is 30.9. The summed E-state index contributed by atoms with van der Waals surface area (Å²) in [7, 11) is 1.53. The second-order valence-corrected chi connectivity index (χ2v) is 8.73. The van der Waals surface area contributed by atoms with Gasteiger partial charge in [0.05, 0.1) is 25.0 Å². The van der Waals surface area contributed by atoms with Crippen LogP contribution in [0.1, 0.15) is 12.0 Å². The molecule has 2 fully saturated rings. The topological polar surface area (TPSA) is 87.7 Å². The van der Waals surface area contributed by atoms with Crippen LogP contribution in [0.3, 0.4) is 0 Å². The van der Waals surface area contributed by atoms with Crippen LogP contribution in [0.15, 0.2) is 18.2 Å². The van der Waals surface area contributed by atoms with Gasteiger partial charge in [-0.05, 0) is 36.6 Å². The molecular formula is C19H22ClN3O4S. The van der Waals surface area contributed by atoms with E-state index in [9.17, 15) is 14.4 Å². The summed E-state index contributed by atoms with van der Waals surface area (Å²) in [5, 5.41) is 6.74. The van der Waals surface area contributed by atoms with Crippen molar-refractivity contribution in [2.24, 2.45) is 11.8 Å². The van der Waals surface area contributed by atoms with Crippen LogP contribution in [0.25, 0.3) is 0 Å². The number of hydrogen-bond donors (Lipinski definition) is 2. The van der Waals surface area contributed by atoms with Crippen LogP contribution in [-0.2, 0) is 24.7 Å². The number of ether oxygens (including phenoxy) is 1. The number of benzene rings is 1. The number of likely N-dealkylation sites (tertiary alicyclic amines) is 1. The number of imide groups is 1. The number of carbonyl (C=O) groups excluding carboxylic acids is 3. The van der Waals surface area contributed by atoms with Gasteiger partial charge < -0.3 is 10.1 Å². The Morgan fingerprint density at radius 1 is 1.29 bits per heavy atom. The highest BCUT2D eigenvalue weighted by atomic mass is 35.5. The summed E-state index contributed by atoms with van der Waals surface area (Å²) in [6.07, 6.45) is 2.68. The van der Waals surface area contributed by atoms with Crippen LogP contribution in [0, 0.1) is 11.8 Å². The Kier molecular flexibility index (Phi) is 5.16. The molecule has 28 heavy (non-hydrogen) atoms. The molecule has 3 amide bonds. The van der Waals surface area contributed by atoms with E-state index in [4.69, 9.17) is 16.3 Å². The van der Waals surface area contributed by atoms with Crippen LogP contribution in [-0.4, -0.2) is 60.9 Å². The first-order valence-electron chi connectivity index (χ1n) is 9.18. The van der Waals surface area contributed by atoms with E-state index in [0.717, 1.165) is 5.75 Å². The molecule has 7 nitrogen and oxygen atoms in total. The summed E-state index contributed by atoms with van der Waals surface area (Å²) >= 11 is 7.88. The molecule has 0 aromatic heterocycles. The molecule has 0 aliphatic carbocycles. The Hall–Kier alpha value is -1.61. The van der Waals surface area contributed by atoms with E-state index < -0.39 is 17.4 Å². The summed E-state index contributed by atoms with van der Waals surface area (Å²) in [6, 6.07) is 4.88. The molecule has 2 saturated heterocycles. The number of halogens is 1. The number of anilines is 1. The minimum Gasteiger partial charge on any atom is -0.383 e. The number of carbonyl (C=O) groups is 3. The highest BCUT2D eigenvalue weighted by Crippen LogP contribution is 2.53. The van der Waals surface area contributed by atoms with Crippen LogP contribution in [0.5, 0.6) is 0 Å². The van der Waals surface area contributed by atoms with Gasteiger partial charge in [0.25, 0.3) is 0 Å². The third-order valence-electron chi connectivity index (χ3n) is 5.92. The van der Waals surface area contributed by atoms with E-state index in [1.165, 1.54) is 12.0 Å². The number of methoxy groups -OCH3 is 1. The molecule has 1 aromatic rings. The summed E-state index contributed by atoms with van der Waals surface area (Å²) in [6.45, 7) is 0.456. The molecule has 150 valence electrons. The lowest BCUT2D eigenvalue weighted by Crippen LogP contribution is -2.53. The first-order valence-corrected chi connectivity index (χ1v) is 10.9. The Labute approximate surface area is 172 Å². The minimum atomic E-state index is -1.28. The number of nitrogens with one attached hydrogen (secondary N) is 2. The first kappa shape index (κ1) is 19.7. The van der Waals surface area contributed by atoms with E-state index >= 15 is 0 Å². The van der Waals surface area contributed by atoms with Crippen LogP contribution in [0.4, 0.5) is 5.69 Å². The van der Waals surface area contributed by atoms with Gasteiger partial charge in [0.15, 0.2) is 0 Å². The van der Waals surface area contributed by atoms with E-state index in [1.54, 1.807) is 30.0 Å².